The Balaban J connectivity index is 1.28. The number of H-pyrrole nitrogens is 1. The van der Waals surface area contributed by atoms with E-state index in [-0.39, 0.29) is 17.4 Å². The van der Waals surface area contributed by atoms with E-state index in [1.54, 1.807) is 12.3 Å². The van der Waals surface area contributed by atoms with Gasteiger partial charge < -0.3 is 15.5 Å². The van der Waals surface area contributed by atoms with Crippen molar-refractivity contribution in [1.29, 1.82) is 0 Å². The Morgan fingerprint density at radius 3 is 2.33 bits per heavy atom. The summed E-state index contributed by atoms with van der Waals surface area (Å²) >= 11 is 5.98. The highest BCUT2D eigenvalue weighted by Gasteiger charge is 2.39. The van der Waals surface area contributed by atoms with Crippen molar-refractivity contribution >= 4 is 29.1 Å². The molecule has 0 aliphatic carbocycles. The number of hydrogen-bond acceptors (Lipinski definition) is 4. The first-order valence-electron chi connectivity index (χ1n) is 14.1. The number of nitrogens with zero attached hydrogens (tertiary/aromatic N) is 2. The van der Waals surface area contributed by atoms with Crippen molar-refractivity contribution in [2.75, 3.05) is 26.2 Å². The number of aromatic amines is 1. The summed E-state index contributed by atoms with van der Waals surface area (Å²) in [4.78, 5) is 28.7. The average molecular weight is 548 g/mol. The molecule has 1 amide bonds. The third-order valence-electron chi connectivity index (χ3n) is 7.88. The number of unbranched alkanes of at least 4 members (excludes halogenated alkanes) is 2. The van der Waals surface area contributed by atoms with E-state index in [1.165, 1.54) is 4.68 Å². The predicted octanol–water partition coefficient (Wildman–Crippen LogP) is 5.96. The van der Waals surface area contributed by atoms with E-state index in [0.29, 0.717) is 10.6 Å². The summed E-state index contributed by atoms with van der Waals surface area (Å²) in [6, 6.07) is 15.0. The Kier molecular flexibility index (Phi) is 8.58. The maximum Gasteiger partial charge on any atom is 0.271 e. The van der Waals surface area contributed by atoms with Crippen LogP contribution in [0.25, 0.3) is 17.0 Å². The second-order valence-electron chi connectivity index (χ2n) is 10.9. The third kappa shape index (κ3) is 6.65. The number of nitrogens with one attached hydrogen (secondary N) is 3. The minimum atomic E-state index is -0.175. The molecule has 2 fully saturated rings. The summed E-state index contributed by atoms with van der Waals surface area (Å²) in [5.41, 5.74) is 3.98. The smallest absolute Gasteiger partial charge is 0.271 e. The lowest BCUT2D eigenvalue weighted by molar-refractivity contribution is 0.0586. The van der Waals surface area contributed by atoms with Gasteiger partial charge in [0.15, 0.2) is 0 Å². The predicted molar refractivity (Wildman–Crippen MR) is 157 cm³/mol. The van der Waals surface area contributed by atoms with Gasteiger partial charge in [-0.15, -0.1) is 0 Å². The van der Waals surface area contributed by atoms with Crippen molar-refractivity contribution in [1.82, 2.24) is 25.3 Å². The van der Waals surface area contributed by atoms with Crippen LogP contribution in [0.3, 0.4) is 0 Å². The normalized spacial score (nSPS) is 21.0. The molecule has 0 radical (unpaired) electrons. The molecule has 2 aliphatic heterocycles. The highest BCUT2D eigenvalue weighted by atomic mass is 35.5. The van der Waals surface area contributed by atoms with Crippen molar-refractivity contribution in [2.45, 2.75) is 57.4 Å². The molecule has 0 saturated carbocycles. The summed E-state index contributed by atoms with van der Waals surface area (Å²) in [5, 5.41) is 10.6. The number of rotatable bonds is 10. The van der Waals surface area contributed by atoms with Gasteiger partial charge in [-0.05, 0) is 75.0 Å². The number of carbonyl (C=O) groups excluding carboxylic acids is 2. The van der Waals surface area contributed by atoms with Crippen LogP contribution in [-0.2, 0) is 0 Å². The standard InChI is InChI=1S/C31H38ClN5O2/c1-2-3-4-17-33-27(20-29(38)37-21-28(35-37)24-11-13-26(32)14-12-24)23-7-9-25(10-8-23)30(39)34-31-15-5-18-36(22-31)19-6-16-31/h7-14,20-21,33,35H,2-6,15-19,22H2,1H3,(H,34,39)/b27-20-. The molecule has 2 bridgehead atoms. The molecule has 2 saturated heterocycles. The number of piperidine rings is 2. The first-order chi connectivity index (χ1) is 18.9. The van der Waals surface area contributed by atoms with Crippen LogP contribution in [0.1, 0.15) is 72.6 Å². The molecule has 0 spiro atoms. The van der Waals surface area contributed by atoms with Gasteiger partial charge in [-0.25, -0.2) is 4.68 Å². The number of aromatic nitrogens is 2. The lowest BCUT2D eigenvalue weighted by atomic mass is 9.81. The lowest BCUT2D eigenvalue weighted by Gasteiger charge is -2.47. The second-order valence-corrected chi connectivity index (χ2v) is 11.3. The Labute approximate surface area is 235 Å². The second kappa shape index (κ2) is 12.3. The van der Waals surface area contributed by atoms with Crippen molar-refractivity contribution in [3.05, 3.63) is 77.0 Å². The van der Waals surface area contributed by atoms with Crippen LogP contribution < -0.4 is 10.6 Å². The summed E-state index contributed by atoms with van der Waals surface area (Å²) in [5.74, 6) is -0.196. The maximum absolute atomic E-state index is 13.2. The van der Waals surface area contributed by atoms with Crippen molar-refractivity contribution in [3.63, 3.8) is 0 Å². The minimum absolute atomic E-state index is 0.0209. The van der Waals surface area contributed by atoms with Gasteiger partial charge in [0.25, 0.3) is 11.8 Å². The maximum atomic E-state index is 13.2. The molecule has 3 N–H and O–H groups in total. The molecule has 3 aromatic rings. The Morgan fingerprint density at radius 1 is 1.00 bits per heavy atom. The number of halogens is 1. The van der Waals surface area contributed by atoms with Gasteiger partial charge >= 0.3 is 0 Å². The van der Waals surface area contributed by atoms with Gasteiger partial charge in [0.05, 0.1) is 17.4 Å². The third-order valence-corrected chi connectivity index (χ3v) is 8.13. The van der Waals surface area contributed by atoms with Gasteiger partial charge in [0, 0.05) is 41.0 Å². The van der Waals surface area contributed by atoms with E-state index in [1.807, 2.05) is 48.5 Å². The van der Waals surface area contributed by atoms with Crippen molar-refractivity contribution in [2.24, 2.45) is 0 Å². The van der Waals surface area contributed by atoms with E-state index in [4.69, 9.17) is 11.6 Å². The van der Waals surface area contributed by atoms with Crippen molar-refractivity contribution in [3.8, 4) is 11.3 Å². The highest BCUT2D eigenvalue weighted by Crippen LogP contribution is 2.31. The number of allylic oxidation sites excluding steroid dienone is 1. The summed E-state index contributed by atoms with van der Waals surface area (Å²) in [7, 11) is 0. The Bertz CT molecular complexity index is 1280. The molecule has 0 unspecified atom stereocenters. The molecule has 5 rings (SSSR count). The van der Waals surface area contributed by atoms with Crippen LogP contribution >= 0.6 is 11.6 Å². The highest BCUT2D eigenvalue weighted by molar-refractivity contribution is 6.30. The van der Waals surface area contributed by atoms with Crippen LogP contribution in [-0.4, -0.2) is 58.2 Å². The van der Waals surface area contributed by atoms with E-state index in [0.717, 1.165) is 93.6 Å². The zero-order chi connectivity index (χ0) is 27.2. The molecular weight excluding hydrogens is 510 g/mol. The molecular formula is C31H38ClN5O2. The first kappa shape index (κ1) is 27.3. The number of fused-ring (bicyclic) bond motifs is 2. The number of amides is 1. The van der Waals surface area contributed by atoms with Gasteiger partial charge in [-0.3, -0.25) is 14.7 Å². The molecule has 1 aromatic heterocycles. The minimum Gasteiger partial charge on any atom is -0.384 e. The van der Waals surface area contributed by atoms with Crippen LogP contribution in [0.2, 0.25) is 5.02 Å². The van der Waals surface area contributed by atoms with Gasteiger partial charge in [0.2, 0.25) is 0 Å². The topological polar surface area (TPSA) is 82.2 Å². The SMILES string of the molecule is CCCCCN/C(=C\C(=O)n1cc(-c2ccc(Cl)cc2)[nH]1)c1ccc(C(=O)NC23CCCN(CCC2)C3)cc1. The molecule has 2 aliphatic rings. The summed E-state index contributed by atoms with van der Waals surface area (Å²) < 4.78 is 1.47. The van der Waals surface area contributed by atoms with E-state index < -0.39 is 0 Å². The molecule has 8 heteroatoms. The molecule has 7 nitrogen and oxygen atoms in total. The fraction of sp³-hybridized carbons (Fsp3) is 0.419. The fourth-order valence-electron chi connectivity index (χ4n) is 5.71. The average Bonchev–Trinajstić information content (AvgIpc) is 2.90. The number of carbonyl (C=O) groups is 2. The van der Waals surface area contributed by atoms with Crippen LogP contribution in [0, 0.1) is 0 Å². The largest absolute Gasteiger partial charge is 0.384 e. The first-order valence-corrected chi connectivity index (χ1v) is 14.5. The van der Waals surface area contributed by atoms with Crippen LogP contribution in [0.5, 0.6) is 0 Å². The Hall–Kier alpha value is -3.29. The molecule has 206 valence electrons. The van der Waals surface area contributed by atoms with E-state index >= 15 is 0 Å². The summed E-state index contributed by atoms with van der Waals surface area (Å²) in [6.07, 6.45) is 11.0. The van der Waals surface area contributed by atoms with Gasteiger partial charge in [-0.1, -0.05) is 55.6 Å². The zero-order valence-electron chi connectivity index (χ0n) is 22.6. The van der Waals surface area contributed by atoms with E-state index in [2.05, 4.69) is 27.6 Å². The van der Waals surface area contributed by atoms with E-state index in [9.17, 15) is 9.59 Å². The number of hydrogen-bond donors (Lipinski definition) is 3. The molecule has 0 atom stereocenters. The molecule has 39 heavy (non-hydrogen) atoms. The van der Waals surface area contributed by atoms with Crippen LogP contribution in [0.4, 0.5) is 0 Å². The fourth-order valence-corrected chi connectivity index (χ4v) is 5.84. The molecule has 3 heterocycles. The van der Waals surface area contributed by atoms with Crippen LogP contribution in [0.15, 0.2) is 60.8 Å². The molecule has 2 aromatic carbocycles. The quantitative estimate of drug-likeness (QED) is 0.216. The van der Waals surface area contributed by atoms with Gasteiger partial charge in [-0.2, -0.15) is 0 Å². The monoisotopic (exact) mass is 547 g/mol. The van der Waals surface area contributed by atoms with Gasteiger partial charge in [0.1, 0.15) is 0 Å². The van der Waals surface area contributed by atoms with Crippen molar-refractivity contribution < 1.29 is 9.59 Å². The lowest BCUT2D eigenvalue weighted by Crippen LogP contribution is -2.61. The zero-order valence-corrected chi connectivity index (χ0v) is 23.4. The number of benzene rings is 2. The Morgan fingerprint density at radius 2 is 1.67 bits per heavy atom. The summed E-state index contributed by atoms with van der Waals surface area (Å²) in [6.45, 7) is 6.16.